The second-order valence-electron chi connectivity index (χ2n) is 4.32. The minimum absolute atomic E-state index is 0.0227. The maximum atomic E-state index is 12.2. The van der Waals surface area contributed by atoms with E-state index in [4.69, 9.17) is 22.7 Å². The van der Waals surface area contributed by atoms with E-state index in [0.717, 1.165) is 6.42 Å². The molecule has 3 atom stereocenters. The summed E-state index contributed by atoms with van der Waals surface area (Å²) in [7, 11) is 0. The van der Waals surface area contributed by atoms with Gasteiger partial charge in [-0.2, -0.15) is 0 Å². The molecule has 1 amide bonds. The van der Waals surface area contributed by atoms with Gasteiger partial charge in [-0.05, 0) is 20.3 Å². The van der Waals surface area contributed by atoms with Gasteiger partial charge in [0.2, 0.25) is 5.91 Å². The van der Waals surface area contributed by atoms with E-state index in [1.807, 2.05) is 11.8 Å². The predicted molar refractivity (Wildman–Crippen MR) is 67.2 cm³/mol. The number of amides is 1. The fraction of sp³-hybridized carbons (Fsp3) is 0.818. The monoisotopic (exact) mass is 244 g/mol. The van der Waals surface area contributed by atoms with Crippen molar-refractivity contribution >= 4 is 23.1 Å². The number of thiocarbonyl (C=S) groups is 1. The lowest BCUT2D eigenvalue weighted by molar-refractivity contribution is -0.146. The number of rotatable bonds is 3. The fourth-order valence-corrected chi connectivity index (χ4v) is 1.92. The first-order valence-corrected chi connectivity index (χ1v) is 6.09. The molecule has 0 radical (unpaired) electrons. The first-order valence-electron chi connectivity index (χ1n) is 5.68. The van der Waals surface area contributed by atoms with Gasteiger partial charge < -0.3 is 15.4 Å². The molecule has 1 aliphatic rings. The first-order chi connectivity index (χ1) is 7.47. The summed E-state index contributed by atoms with van der Waals surface area (Å²) in [5.74, 6) is -0.358. The van der Waals surface area contributed by atoms with Crippen molar-refractivity contribution < 1.29 is 9.53 Å². The van der Waals surface area contributed by atoms with Crippen LogP contribution in [0.5, 0.6) is 0 Å². The van der Waals surface area contributed by atoms with Gasteiger partial charge in [-0.15, -0.1) is 0 Å². The topological polar surface area (TPSA) is 55.6 Å². The molecule has 5 heteroatoms. The highest BCUT2D eigenvalue weighted by Crippen LogP contribution is 2.17. The molecule has 1 heterocycles. The van der Waals surface area contributed by atoms with Crippen LogP contribution in [0.4, 0.5) is 0 Å². The maximum absolute atomic E-state index is 12.2. The summed E-state index contributed by atoms with van der Waals surface area (Å²) in [6.07, 6.45) is 0.980. The number of nitrogens with zero attached hydrogens (tertiary/aromatic N) is 1. The summed E-state index contributed by atoms with van der Waals surface area (Å²) in [6, 6.07) is 0.153. The predicted octanol–water partition coefficient (Wildman–Crippen LogP) is 0.934. The summed E-state index contributed by atoms with van der Waals surface area (Å²) >= 11 is 4.87. The third-order valence-electron chi connectivity index (χ3n) is 3.02. The summed E-state index contributed by atoms with van der Waals surface area (Å²) in [4.78, 5) is 14.3. The molecule has 0 aromatic rings. The molecule has 2 N–H and O–H groups in total. The Morgan fingerprint density at radius 1 is 1.69 bits per heavy atom. The molecule has 16 heavy (non-hydrogen) atoms. The molecule has 0 aliphatic carbocycles. The van der Waals surface area contributed by atoms with E-state index in [0.29, 0.717) is 13.2 Å². The Balaban J connectivity index is 2.74. The Labute approximate surface area is 102 Å². The largest absolute Gasteiger partial charge is 0.393 e. The molecule has 0 aromatic heterocycles. The summed E-state index contributed by atoms with van der Waals surface area (Å²) in [6.45, 7) is 7.02. The lowest BCUT2D eigenvalue weighted by Gasteiger charge is -2.39. The minimum atomic E-state index is -0.380. The van der Waals surface area contributed by atoms with E-state index >= 15 is 0 Å². The van der Waals surface area contributed by atoms with Gasteiger partial charge in [0.25, 0.3) is 0 Å². The van der Waals surface area contributed by atoms with Gasteiger partial charge in [0.1, 0.15) is 0 Å². The summed E-state index contributed by atoms with van der Waals surface area (Å²) < 4.78 is 5.54. The van der Waals surface area contributed by atoms with Gasteiger partial charge in [-0.1, -0.05) is 19.1 Å². The van der Waals surface area contributed by atoms with Crippen LogP contribution >= 0.6 is 12.2 Å². The molecule has 1 saturated heterocycles. The molecule has 1 fully saturated rings. The Morgan fingerprint density at radius 3 is 2.81 bits per heavy atom. The van der Waals surface area contributed by atoms with Crippen molar-refractivity contribution in [2.75, 3.05) is 13.2 Å². The molecule has 1 rings (SSSR count). The van der Waals surface area contributed by atoms with Crippen molar-refractivity contribution in [3.8, 4) is 0 Å². The van der Waals surface area contributed by atoms with E-state index in [2.05, 4.69) is 6.92 Å². The molecular formula is C11H20N2O2S. The SMILES string of the molecule is CCC1COC(C)CN1C(=O)C(C)C(N)=S. The van der Waals surface area contributed by atoms with E-state index in [1.54, 1.807) is 6.92 Å². The fourth-order valence-electron chi connectivity index (χ4n) is 1.82. The van der Waals surface area contributed by atoms with Crippen LogP contribution in [-0.2, 0) is 9.53 Å². The van der Waals surface area contributed by atoms with E-state index < -0.39 is 0 Å². The number of carbonyl (C=O) groups is 1. The smallest absolute Gasteiger partial charge is 0.232 e. The van der Waals surface area contributed by atoms with Crippen molar-refractivity contribution in [2.45, 2.75) is 39.3 Å². The Bertz CT molecular complexity index is 283. The normalized spacial score (nSPS) is 27.6. The van der Waals surface area contributed by atoms with Crippen LogP contribution in [0, 0.1) is 5.92 Å². The lowest BCUT2D eigenvalue weighted by atomic mass is 10.1. The average Bonchev–Trinajstić information content (AvgIpc) is 2.26. The van der Waals surface area contributed by atoms with Crippen molar-refractivity contribution in [1.82, 2.24) is 4.90 Å². The number of nitrogens with two attached hydrogens (primary N) is 1. The van der Waals surface area contributed by atoms with E-state index in [-0.39, 0.29) is 29.0 Å². The number of carbonyl (C=O) groups excluding carboxylic acids is 1. The van der Waals surface area contributed by atoms with Gasteiger partial charge >= 0.3 is 0 Å². The van der Waals surface area contributed by atoms with Crippen LogP contribution < -0.4 is 5.73 Å². The molecule has 0 saturated carbocycles. The number of hydrogen-bond donors (Lipinski definition) is 1. The highest BCUT2D eigenvalue weighted by molar-refractivity contribution is 7.80. The third-order valence-corrected chi connectivity index (χ3v) is 3.37. The highest BCUT2D eigenvalue weighted by atomic mass is 32.1. The number of ether oxygens (including phenoxy) is 1. The average molecular weight is 244 g/mol. The second kappa shape index (κ2) is 5.59. The van der Waals surface area contributed by atoms with Crippen LogP contribution in [-0.4, -0.2) is 41.1 Å². The second-order valence-corrected chi connectivity index (χ2v) is 4.79. The third kappa shape index (κ3) is 2.92. The molecule has 3 unspecified atom stereocenters. The van der Waals surface area contributed by atoms with E-state index in [9.17, 15) is 4.79 Å². The zero-order valence-electron chi connectivity index (χ0n) is 10.1. The van der Waals surface area contributed by atoms with Crippen molar-refractivity contribution in [2.24, 2.45) is 11.7 Å². The minimum Gasteiger partial charge on any atom is -0.393 e. The molecule has 0 aromatic carbocycles. The molecule has 1 aliphatic heterocycles. The molecule has 0 bridgehead atoms. The van der Waals surface area contributed by atoms with Crippen LogP contribution in [0.1, 0.15) is 27.2 Å². The first kappa shape index (κ1) is 13.4. The quantitative estimate of drug-likeness (QED) is 0.751. The van der Waals surface area contributed by atoms with Gasteiger partial charge in [-0.3, -0.25) is 4.79 Å². The number of morpholine rings is 1. The Hall–Kier alpha value is -0.680. The standard InChI is InChI=1S/C11H20N2O2S/c1-4-9-6-15-7(2)5-13(9)11(14)8(3)10(12)16/h7-9H,4-6H2,1-3H3,(H2,12,16). The summed E-state index contributed by atoms with van der Waals surface area (Å²) in [5.41, 5.74) is 5.52. The zero-order valence-corrected chi connectivity index (χ0v) is 10.9. The highest BCUT2D eigenvalue weighted by Gasteiger charge is 2.32. The molecule has 92 valence electrons. The van der Waals surface area contributed by atoms with Crippen molar-refractivity contribution in [3.63, 3.8) is 0 Å². The summed E-state index contributed by atoms with van der Waals surface area (Å²) in [5, 5.41) is 0. The van der Waals surface area contributed by atoms with Crippen molar-refractivity contribution in [1.29, 1.82) is 0 Å². The van der Waals surface area contributed by atoms with Crippen LogP contribution in [0.25, 0.3) is 0 Å². The zero-order chi connectivity index (χ0) is 12.3. The van der Waals surface area contributed by atoms with Crippen molar-refractivity contribution in [3.05, 3.63) is 0 Å². The Morgan fingerprint density at radius 2 is 2.31 bits per heavy atom. The lowest BCUT2D eigenvalue weighted by Crippen LogP contribution is -2.54. The van der Waals surface area contributed by atoms with Crippen LogP contribution in [0.15, 0.2) is 0 Å². The van der Waals surface area contributed by atoms with Gasteiger partial charge in [0.05, 0.1) is 29.7 Å². The van der Waals surface area contributed by atoms with Crippen LogP contribution in [0.3, 0.4) is 0 Å². The maximum Gasteiger partial charge on any atom is 0.232 e. The molecule has 0 spiro atoms. The molecule has 4 nitrogen and oxygen atoms in total. The van der Waals surface area contributed by atoms with E-state index in [1.165, 1.54) is 0 Å². The van der Waals surface area contributed by atoms with Gasteiger partial charge in [0, 0.05) is 6.54 Å². The Kier molecular flexibility index (Phi) is 4.68. The van der Waals surface area contributed by atoms with Gasteiger partial charge in [0.15, 0.2) is 0 Å². The van der Waals surface area contributed by atoms with Gasteiger partial charge in [-0.25, -0.2) is 0 Å². The van der Waals surface area contributed by atoms with Crippen LogP contribution in [0.2, 0.25) is 0 Å². The molecular weight excluding hydrogens is 224 g/mol. The number of hydrogen-bond acceptors (Lipinski definition) is 3.